The van der Waals surface area contributed by atoms with Crippen molar-refractivity contribution in [3.8, 4) is 11.3 Å². The lowest BCUT2D eigenvalue weighted by atomic mass is 10.1. The summed E-state index contributed by atoms with van der Waals surface area (Å²) in [5.41, 5.74) is 1.79. The van der Waals surface area contributed by atoms with Crippen LogP contribution in [0.25, 0.3) is 22.2 Å². The molecule has 0 radical (unpaired) electrons. The van der Waals surface area contributed by atoms with E-state index < -0.39 is 10.9 Å². The van der Waals surface area contributed by atoms with Crippen LogP contribution in [0.3, 0.4) is 0 Å². The Kier molecular flexibility index (Phi) is 2.87. The van der Waals surface area contributed by atoms with Crippen LogP contribution in [0.5, 0.6) is 0 Å². The number of nitrogens with zero attached hydrogens (tertiary/aromatic N) is 2. The number of nitrogens with one attached hydrogen (secondary N) is 1. The van der Waals surface area contributed by atoms with Gasteiger partial charge in [-0.05, 0) is 18.2 Å². The van der Waals surface area contributed by atoms with Crippen molar-refractivity contribution < 1.29 is 14.8 Å². The summed E-state index contributed by atoms with van der Waals surface area (Å²) >= 11 is 0. The first-order chi connectivity index (χ1) is 10.1. The van der Waals surface area contributed by atoms with Crippen molar-refractivity contribution in [1.82, 2.24) is 10.2 Å². The minimum atomic E-state index is -1.04. The standard InChI is InChI=1S/C14H9N3O4/c18-14(19)11-3-1-2-10-12(15-16-13(10)11)8-4-6-9(7-5-8)17(20)21/h1-7H,(H,15,16)(H,18,19). The largest absolute Gasteiger partial charge is 0.478 e. The first-order valence-corrected chi connectivity index (χ1v) is 6.03. The number of H-pyrrole nitrogens is 1. The van der Waals surface area contributed by atoms with E-state index in [-0.39, 0.29) is 11.3 Å². The number of aromatic nitrogens is 2. The molecule has 0 bridgehead atoms. The molecule has 0 aliphatic heterocycles. The van der Waals surface area contributed by atoms with Crippen LogP contribution in [0.2, 0.25) is 0 Å². The fraction of sp³-hybridized carbons (Fsp3) is 0. The van der Waals surface area contributed by atoms with Crippen LogP contribution in [0.1, 0.15) is 10.4 Å². The number of benzene rings is 2. The molecule has 21 heavy (non-hydrogen) atoms. The molecule has 3 aromatic rings. The van der Waals surface area contributed by atoms with E-state index in [1.54, 1.807) is 24.3 Å². The lowest BCUT2D eigenvalue weighted by Crippen LogP contribution is -1.96. The van der Waals surface area contributed by atoms with E-state index in [1.807, 2.05) is 0 Å². The average molecular weight is 283 g/mol. The number of nitro groups is 1. The van der Waals surface area contributed by atoms with E-state index in [0.29, 0.717) is 22.2 Å². The van der Waals surface area contributed by atoms with Gasteiger partial charge in [-0.15, -0.1) is 0 Å². The first-order valence-electron chi connectivity index (χ1n) is 6.03. The maximum Gasteiger partial charge on any atom is 0.337 e. The van der Waals surface area contributed by atoms with Crippen molar-refractivity contribution in [3.05, 3.63) is 58.1 Å². The normalized spacial score (nSPS) is 10.7. The van der Waals surface area contributed by atoms with Crippen LogP contribution in [0.15, 0.2) is 42.5 Å². The third kappa shape index (κ3) is 2.10. The topological polar surface area (TPSA) is 109 Å². The predicted molar refractivity (Wildman–Crippen MR) is 75.1 cm³/mol. The molecular formula is C14H9N3O4. The maximum atomic E-state index is 11.2. The molecule has 0 spiro atoms. The van der Waals surface area contributed by atoms with Crippen LogP contribution in [0.4, 0.5) is 5.69 Å². The molecular weight excluding hydrogens is 274 g/mol. The summed E-state index contributed by atoms with van der Waals surface area (Å²) in [6.45, 7) is 0. The molecule has 0 amide bonds. The number of carbonyl (C=O) groups is 1. The molecule has 3 rings (SSSR count). The second-order valence-corrected chi connectivity index (χ2v) is 4.41. The number of para-hydroxylation sites is 1. The summed E-state index contributed by atoms with van der Waals surface area (Å²) in [5, 5.41) is 27.3. The molecule has 2 N–H and O–H groups in total. The third-order valence-corrected chi connectivity index (χ3v) is 3.18. The molecule has 1 aromatic heterocycles. The number of carboxylic acid groups (broad SMARTS) is 1. The van der Waals surface area contributed by atoms with Gasteiger partial charge in [-0.1, -0.05) is 12.1 Å². The van der Waals surface area contributed by atoms with Crippen molar-refractivity contribution in [3.63, 3.8) is 0 Å². The zero-order valence-electron chi connectivity index (χ0n) is 10.6. The molecule has 0 aliphatic rings. The van der Waals surface area contributed by atoms with Gasteiger partial charge in [0.1, 0.15) is 0 Å². The molecule has 7 nitrogen and oxygen atoms in total. The first kappa shape index (κ1) is 12.8. The Morgan fingerprint density at radius 2 is 1.90 bits per heavy atom. The molecule has 0 fully saturated rings. The number of nitro benzene ring substituents is 1. The Morgan fingerprint density at radius 1 is 1.19 bits per heavy atom. The second kappa shape index (κ2) is 4.71. The number of aromatic amines is 1. The molecule has 104 valence electrons. The number of hydrogen-bond donors (Lipinski definition) is 2. The van der Waals surface area contributed by atoms with Gasteiger partial charge in [0, 0.05) is 23.1 Å². The number of carboxylic acids is 1. The van der Waals surface area contributed by atoms with E-state index in [1.165, 1.54) is 18.2 Å². The molecule has 1 heterocycles. The molecule has 0 saturated heterocycles. The molecule has 0 unspecified atom stereocenters. The summed E-state index contributed by atoms with van der Waals surface area (Å²) in [6.07, 6.45) is 0. The van der Waals surface area contributed by atoms with Crippen LogP contribution < -0.4 is 0 Å². The predicted octanol–water partition coefficient (Wildman–Crippen LogP) is 2.84. The summed E-state index contributed by atoms with van der Waals surface area (Å²) in [7, 11) is 0. The number of fused-ring (bicyclic) bond motifs is 1. The second-order valence-electron chi connectivity index (χ2n) is 4.41. The third-order valence-electron chi connectivity index (χ3n) is 3.18. The van der Waals surface area contributed by atoms with E-state index >= 15 is 0 Å². The SMILES string of the molecule is O=C(O)c1cccc2c(-c3ccc([N+](=O)[O-])cc3)n[nH]c12. The van der Waals surface area contributed by atoms with Crippen molar-refractivity contribution in [2.24, 2.45) is 0 Å². The van der Waals surface area contributed by atoms with Crippen LogP contribution >= 0.6 is 0 Å². The van der Waals surface area contributed by atoms with Crippen molar-refractivity contribution in [1.29, 1.82) is 0 Å². The lowest BCUT2D eigenvalue weighted by molar-refractivity contribution is -0.384. The quantitative estimate of drug-likeness (QED) is 0.567. The molecule has 0 aliphatic carbocycles. The van der Waals surface area contributed by atoms with Gasteiger partial charge >= 0.3 is 5.97 Å². The van der Waals surface area contributed by atoms with Gasteiger partial charge in [0.2, 0.25) is 0 Å². The van der Waals surface area contributed by atoms with E-state index in [4.69, 9.17) is 5.11 Å². The summed E-state index contributed by atoms with van der Waals surface area (Å²) < 4.78 is 0. The Labute approximate surface area is 118 Å². The monoisotopic (exact) mass is 283 g/mol. The fourth-order valence-corrected chi connectivity index (χ4v) is 2.18. The van der Waals surface area contributed by atoms with Gasteiger partial charge in [-0.25, -0.2) is 4.79 Å². The summed E-state index contributed by atoms with van der Waals surface area (Å²) in [4.78, 5) is 21.3. The van der Waals surface area contributed by atoms with Gasteiger partial charge in [-0.2, -0.15) is 5.10 Å². The number of rotatable bonds is 3. The Hall–Kier alpha value is -3.22. The highest BCUT2D eigenvalue weighted by Crippen LogP contribution is 2.29. The zero-order valence-corrected chi connectivity index (χ0v) is 10.6. The number of hydrogen-bond acceptors (Lipinski definition) is 4. The Morgan fingerprint density at radius 3 is 2.52 bits per heavy atom. The summed E-state index contributed by atoms with van der Waals surface area (Å²) in [6, 6.07) is 10.8. The van der Waals surface area contributed by atoms with Crippen LogP contribution in [0, 0.1) is 10.1 Å². The maximum absolute atomic E-state index is 11.2. The highest BCUT2D eigenvalue weighted by molar-refractivity contribution is 6.05. The van der Waals surface area contributed by atoms with Crippen molar-refractivity contribution in [2.75, 3.05) is 0 Å². The molecule has 7 heteroatoms. The lowest BCUT2D eigenvalue weighted by Gasteiger charge is -1.99. The fourth-order valence-electron chi connectivity index (χ4n) is 2.18. The smallest absolute Gasteiger partial charge is 0.337 e. The van der Waals surface area contributed by atoms with Gasteiger partial charge in [0.05, 0.1) is 21.7 Å². The number of aromatic carboxylic acids is 1. The Balaban J connectivity index is 2.15. The van der Waals surface area contributed by atoms with Gasteiger partial charge < -0.3 is 5.11 Å². The Bertz CT molecular complexity index is 852. The van der Waals surface area contributed by atoms with Crippen molar-refractivity contribution in [2.45, 2.75) is 0 Å². The van der Waals surface area contributed by atoms with Crippen LogP contribution in [-0.2, 0) is 0 Å². The number of non-ortho nitro benzene ring substituents is 1. The minimum absolute atomic E-state index is 0.00943. The molecule has 0 atom stereocenters. The van der Waals surface area contributed by atoms with Crippen LogP contribution in [-0.4, -0.2) is 26.2 Å². The molecule has 2 aromatic carbocycles. The van der Waals surface area contributed by atoms with Crippen molar-refractivity contribution >= 4 is 22.6 Å². The average Bonchev–Trinajstić information content (AvgIpc) is 2.90. The van der Waals surface area contributed by atoms with E-state index in [9.17, 15) is 14.9 Å². The van der Waals surface area contributed by atoms with Gasteiger partial charge in [0.25, 0.3) is 5.69 Å². The van der Waals surface area contributed by atoms with Gasteiger partial charge in [0.15, 0.2) is 0 Å². The minimum Gasteiger partial charge on any atom is -0.478 e. The van der Waals surface area contributed by atoms with E-state index in [2.05, 4.69) is 10.2 Å². The highest BCUT2D eigenvalue weighted by Gasteiger charge is 2.15. The van der Waals surface area contributed by atoms with Gasteiger partial charge in [-0.3, -0.25) is 15.2 Å². The summed E-state index contributed by atoms with van der Waals surface area (Å²) in [5.74, 6) is -1.04. The zero-order chi connectivity index (χ0) is 15.0. The van der Waals surface area contributed by atoms with E-state index in [0.717, 1.165) is 0 Å². The highest BCUT2D eigenvalue weighted by atomic mass is 16.6. The molecule has 0 saturated carbocycles.